The quantitative estimate of drug-likeness (QED) is 0.342. The topological polar surface area (TPSA) is 77.0 Å². The highest BCUT2D eigenvalue weighted by Crippen LogP contribution is 2.33. The van der Waals surface area contributed by atoms with E-state index in [0.29, 0.717) is 21.7 Å². The van der Waals surface area contributed by atoms with Gasteiger partial charge in [0.05, 0.1) is 0 Å². The van der Waals surface area contributed by atoms with Gasteiger partial charge in [-0.25, -0.2) is 9.97 Å². The van der Waals surface area contributed by atoms with Crippen LogP contribution in [0.25, 0.3) is 43.6 Å². The number of aryl methyl sites for hydroxylation is 4. The number of fused-ring (bicyclic) bond motifs is 5. The maximum absolute atomic E-state index is 13.6. The van der Waals surface area contributed by atoms with Crippen LogP contribution in [0.4, 0.5) is 0 Å². The lowest BCUT2D eigenvalue weighted by molar-refractivity contribution is 1.24. The lowest BCUT2D eigenvalue weighted by Gasteiger charge is -2.13. The molecule has 0 fully saturated rings. The van der Waals surface area contributed by atoms with Crippen LogP contribution in [-0.4, -0.2) is 9.97 Å². The molecule has 0 saturated carbocycles. The predicted octanol–water partition coefficient (Wildman–Crippen LogP) is 4.51. The molecular weight excluding hydrogens is 400 g/mol. The van der Waals surface area contributed by atoms with Gasteiger partial charge in [0, 0.05) is 21.5 Å². The van der Waals surface area contributed by atoms with Gasteiger partial charge in [-0.2, -0.15) is 0 Å². The fourth-order valence-corrected chi connectivity index (χ4v) is 5.21. The average Bonchev–Trinajstić information content (AvgIpc) is 3.06. The summed E-state index contributed by atoms with van der Waals surface area (Å²) in [6, 6.07) is 0. The molecule has 0 radical (unpaired) electrons. The summed E-state index contributed by atoms with van der Waals surface area (Å²) in [5, 5.41) is 2.12. The van der Waals surface area contributed by atoms with Gasteiger partial charge in [0.2, 0.25) is 16.3 Å². The molecule has 0 spiro atoms. The Kier molecular flexibility index (Phi) is 4.01. The zero-order chi connectivity index (χ0) is 23.4. The third-order valence-electron chi connectivity index (χ3n) is 7.83. The van der Waals surface area contributed by atoms with E-state index in [2.05, 4.69) is 9.97 Å². The molecule has 0 atom stereocenters. The van der Waals surface area contributed by atoms with Crippen molar-refractivity contribution in [3.8, 4) is 0 Å². The van der Waals surface area contributed by atoms with Crippen molar-refractivity contribution in [2.45, 2.75) is 55.4 Å². The molecule has 160 valence electrons. The van der Waals surface area contributed by atoms with Crippen LogP contribution in [0, 0.1) is 55.4 Å². The number of nitrogens with zero attached hydrogens (tertiary/aromatic N) is 2. The van der Waals surface area contributed by atoms with E-state index in [-0.39, 0.29) is 32.8 Å². The Morgan fingerprint density at radius 2 is 0.594 bits per heavy atom. The van der Waals surface area contributed by atoms with Crippen LogP contribution in [0.15, 0.2) is 14.4 Å². The Labute approximate surface area is 184 Å². The summed E-state index contributed by atoms with van der Waals surface area (Å²) in [7, 11) is 0. The first-order valence-electron chi connectivity index (χ1n) is 10.8. The maximum Gasteiger partial charge on any atom is 0.214 e. The average molecular weight is 425 g/mol. The van der Waals surface area contributed by atoms with Crippen molar-refractivity contribution < 1.29 is 0 Å². The van der Waals surface area contributed by atoms with Gasteiger partial charge >= 0.3 is 0 Å². The number of benzene rings is 3. The Morgan fingerprint density at radius 3 is 0.969 bits per heavy atom. The standard InChI is InChI=1S/C27H24N2O3/c1-9-10(2)14(6)18-17(13(9)5)21-22(25(18)30)29-24-23(28-21)26(31)19-15(7)11(3)12(4)16(8)20(19)27(24)32/h1-8H3. The number of aromatic nitrogens is 2. The monoisotopic (exact) mass is 424 g/mol. The fraction of sp³-hybridized carbons (Fsp3) is 0.296. The molecule has 1 aromatic heterocycles. The lowest BCUT2D eigenvalue weighted by Crippen LogP contribution is -2.19. The summed E-state index contributed by atoms with van der Waals surface area (Å²) in [6.07, 6.45) is 0. The Balaban J connectivity index is 2.16. The van der Waals surface area contributed by atoms with E-state index in [1.807, 2.05) is 55.4 Å². The second kappa shape index (κ2) is 6.28. The first-order valence-corrected chi connectivity index (χ1v) is 10.8. The zero-order valence-electron chi connectivity index (χ0n) is 19.6. The van der Waals surface area contributed by atoms with E-state index in [0.717, 1.165) is 49.9 Å². The van der Waals surface area contributed by atoms with Crippen molar-refractivity contribution in [2.75, 3.05) is 0 Å². The second-order valence-electron chi connectivity index (χ2n) is 9.11. The van der Waals surface area contributed by atoms with Crippen molar-refractivity contribution in [1.29, 1.82) is 0 Å². The first kappa shape index (κ1) is 20.4. The number of rotatable bonds is 0. The van der Waals surface area contributed by atoms with Crippen LogP contribution < -0.4 is 16.3 Å². The molecule has 0 aliphatic heterocycles. The van der Waals surface area contributed by atoms with E-state index >= 15 is 0 Å². The zero-order valence-corrected chi connectivity index (χ0v) is 19.6. The van der Waals surface area contributed by atoms with Gasteiger partial charge in [-0.3, -0.25) is 14.4 Å². The van der Waals surface area contributed by atoms with Crippen LogP contribution in [0.2, 0.25) is 0 Å². The Morgan fingerprint density at radius 1 is 0.344 bits per heavy atom. The highest BCUT2D eigenvalue weighted by Gasteiger charge is 2.24. The van der Waals surface area contributed by atoms with Crippen LogP contribution in [0.1, 0.15) is 44.5 Å². The molecule has 0 N–H and O–H groups in total. The van der Waals surface area contributed by atoms with E-state index in [4.69, 9.17) is 0 Å². The smallest absolute Gasteiger partial charge is 0.214 e. The lowest BCUT2D eigenvalue weighted by atomic mass is 9.91. The van der Waals surface area contributed by atoms with Gasteiger partial charge in [-0.05, 0) is 99.9 Å². The first-order chi connectivity index (χ1) is 15.0. The molecule has 0 aliphatic carbocycles. The van der Waals surface area contributed by atoms with Gasteiger partial charge in [0.15, 0.2) is 0 Å². The third-order valence-corrected chi connectivity index (χ3v) is 7.83. The largest absolute Gasteiger partial charge is 0.287 e. The minimum atomic E-state index is -0.335. The van der Waals surface area contributed by atoms with Gasteiger partial charge in [0.1, 0.15) is 22.1 Å². The SMILES string of the molecule is Cc1c(C)c(C)c2c(=O)c3nc4c(nc3c(=O)c2c1C)c(=O)c1c(C)c(C)c(C)c(C)c14. The molecule has 0 bridgehead atoms. The number of hydrogen-bond donors (Lipinski definition) is 0. The van der Waals surface area contributed by atoms with Gasteiger partial charge in [0.25, 0.3) is 0 Å². The minimum Gasteiger partial charge on any atom is -0.287 e. The Bertz CT molecular complexity index is 1850. The molecule has 0 saturated heterocycles. The van der Waals surface area contributed by atoms with Gasteiger partial charge in [-0.1, -0.05) is 0 Å². The molecule has 5 rings (SSSR count). The summed E-state index contributed by atoms with van der Waals surface area (Å²) in [5.41, 5.74) is 7.30. The second-order valence-corrected chi connectivity index (χ2v) is 9.11. The molecule has 32 heavy (non-hydrogen) atoms. The van der Waals surface area contributed by atoms with E-state index < -0.39 is 0 Å². The molecular formula is C27H24N2O3. The minimum absolute atomic E-state index is 0.0168. The predicted molar refractivity (Wildman–Crippen MR) is 131 cm³/mol. The van der Waals surface area contributed by atoms with Crippen molar-refractivity contribution in [2.24, 2.45) is 0 Å². The molecule has 4 aromatic carbocycles. The molecule has 5 nitrogen and oxygen atoms in total. The molecule has 0 unspecified atom stereocenters. The highest BCUT2D eigenvalue weighted by molar-refractivity contribution is 6.14. The van der Waals surface area contributed by atoms with E-state index in [1.54, 1.807) is 0 Å². The van der Waals surface area contributed by atoms with Crippen LogP contribution in [0.5, 0.6) is 0 Å². The third kappa shape index (κ3) is 2.21. The maximum atomic E-state index is 13.6. The molecule has 0 aliphatic rings. The summed E-state index contributed by atoms with van der Waals surface area (Å²) in [6.45, 7) is 15.6. The van der Waals surface area contributed by atoms with Crippen molar-refractivity contribution in [1.82, 2.24) is 9.97 Å². The number of hydrogen-bond acceptors (Lipinski definition) is 5. The normalized spacial score (nSPS) is 12.1. The molecule has 5 aromatic rings. The fourth-order valence-electron chi connectivity index (χ4n) is 5.21. The van der Waals surface area contributed by atoms with Crippen LogP contribution in [-0.2, 0) is 0 Å². The summed E-state index contributed by atoms with van der Waals surface area (Å²) >= 11 is 0. The van der Waals surface area contributed by atoms with Crippen molar-refractivity contribution in [3.05, 3.63) is 75.2 Å². The van der Waals surface area contributed by atoms with Crippen LogP contribution in [0.3, 0.4) is 0 Å². The van der Waals surface area contributed by atoms with E-state index in [9.17, 15) is 14.4 Å². The Hall–Kier alpha value is -3.47. The van der Waals surface area contributed by atoms with E-state index in [1.165, 1.54) is 0 Å². The van der Waals surface area contributed by atoms with Crippen molar-refractivity contribution >= 4 is 43.6 Å². The summed E-state index contributed by atoms with van der Waals surface area (Å²) in [5.74, 6) is 0. The molecule has 0 amide bonds. The molecule has 1 heterocycles. The van der Waals surface area contributed by atoms with Gasteiger partial charge in [-0.15, -0.1) is 0 Å². The highest BCUT2D eigenvalue weighted by atomic mass is 16.1. The van der Waals surface area contributed by atoms with Crippen LogP contribution >= 0.6 is 0 Å². The van der Waals surface area contributed by atoms with Crippen molar-refractivity contribution in [3.63, 3.8) is 0 Å². The molecule has 5 heteroatoms. The van der Waals surface area contributed by atoms with Gasteiger partial charge < -0.3 is 0 Å². The summed E-state index contributed by atoms with van der Waals surface area (Å²) in [4.78, 5) is 49.7. The summed E-state index contributed by atoms with van der Waals surface area (Å²) < 4.78 is 0.